The third-order valence-electron chi connectivity index (χ3n) is 2.85. The fourth-order valence-corrected chi connectivity index (χ4v) is 1.93. The van der Waals surface area contributed by atoms with E-state index >= 15 is 0 Å². The molecule has 0 unspecified atom stereocenters. The maximum absolute atomic E-state index is 11.9. The van der Waals surface area contributed by atoms with Gasteiger partial charge in [-0.3, -0.25) is 4.79 Å². The lowest BCUT2D eigenvalue weighted by molar-refractivity contribution is 0.597. The van der Waals surface area contributed by atoms with Gasteiger partial charge in [-0.2, -0.15) is 5.10 Å². The first-order chi connectivity index (χ1) is 9.56. The van der Waals surface area contributed by atoms with E-state index in [1.54, 1.807) is 12.3 Å². The minimum absolute atomic E-state index is 0.107. The molecule has 0 aliphatic heterocycles. The van der Waals surface area contributed by atoms with E-state index in [0.717, 1.165) is 11.4 Å². The van der Waals surface area contributed by atoms with E-state index in [0.29, 0.717) is 18.1 Å². The summed E-state index contributed by atoms with van der Waals surface area (Å²) < 4.78 is 1.44. The number of nitrogens with one attached hydrogen (secondary N) is 1. The van der Waals surface area contributed by atoms with Gasteiger partial charge >= 0.3 is 0 Å². The van der Waals surface area contributed by atoms with E-state index in [1.807, 2.05) is 43.3 Å². The van der Waals surface area contributed by atoms with Crippen LogP contribution in [0.1, 0.15) is 0 Å². The lowest BCUT2D eigenvalue weighted by atomic mass is 10.3. The summed E-state index contributed by atoms with van der Waals surface area (Å²) in [5, 5.41) is 8.03. The molecule has 2 aromatic rings. The van der Waals surface area contributed by atoms with Crippen LogP contribution in [0.4, 0.5) is 11.4 Å². The minimum Gasteiger partial charge on any atom is -0.383 e. The molecule has 6 heteroatoms. The number of rotatable bonds is 5. The Hall–Kier alpha value is -2.01. The van der Waals surface area contributed by atoms with E-state index in [4.69, 9.17) is 11.6 Å². The summed E-state index contributed by atoms with van der Waals surface area (Å²) in [6.07, 6.45) is 1.68. The summed E-state index contributed by atoms with van der Waals surface area (Å²) in [6, 6.07) is 9.04. The van der Waals surface area contributed by atoms with E-state index in [-0.39, 0.29) is 5.56 Å². The summed E-state index contributed by atoms with van der Waals surface area (Å²) in [4.78, 5) is 13.7. The summed E-state index contributed by atoms with van der Waals surface area (Å²) in [5.74, 6) is 0. The monoisotopic (exact) mass is 292 g/mol. The minimum atomic E-state index is -0.107. The highest BCUT2D eigenvalue weighted by atomic mass is 35.5. The van der Waals surface area contributed by atoms with Crippen LogP contribution in [0.2, 0.25) is 5.02 Å². The molecule has 5 nitrogen and oxygen atoms in total. The number of halogens is 1. The zero-order valence-electron chi connectivity index (χ0n) is 11.5. The Morgan fingerprint density at radius 2 is 2.15 bits per heavy atom. The van der Waals surface area contributed by atoms with Crippen LogP contribution >= 0.6 is 11.6 Å². The van der Waals surface area contributed by atoms with Crippen molar-refractivity contribution in [3.63, 3.8) is 0 Å². The third-order valence-corrected chi connectivity index (χ3v) is 3.08. The van der Waals surface area contributed by atoms with Crippen molar-refractivity contribution >= 4 is 23.0 Å². The van der Waals surface area contributed by atoms with Crippen LogP contribution < -0.4 is 15.8 Å². The largest absolute Gasteiger partial charge is 0.383 e. The number of aromatic nitrogens is 2. The average molecular weight is 293 g/mol. The zero-order chi connectivity index (χ0) is 14.5. The van der Waals surface area contributed by atoms with Crippen LogP contribution in [-0.4, -0.2) is 30.4 Å². The maximum Gasteiger partial charge on any atom is 0.268 e. The van der Waals surface area contributed by atoms with Gasteiger partial charge in [-0.15, -0.1) is 0 Å². The molecule has 0 bridgehead atoms. The third kappa shape index (κ3) is 3.74. The van der Waals surface area contributed by atoms with E-state index in [1.165, 1.54) is 4.68 Å². The van der Waals surface area contributed by atoms with Crippen molar-refractivity contribution < 1.29 is 0 Å². The van der Waals surface area contributed by atoms with Gasteiger partial charge in [-0.1, -0.05) is 17.7 Å². The molecule has 0 spiro atoms. The van der Waals surface area contributed by atoms with Crippen molar-refractivity contribution in [2.24, 2.45) is 0 Å². The Kier molecular flexibility index (Phi) is 4.63. The molecule has 0 radical (unpaired) electrons. The lowest BCUT2D eigenvalue weighted by Crippen LogP contribution is -2.26. The van der Waals surface area contributed by atoms with Crippen molar-refractivity contribution in [1.82, 2.24) is 9.78 Å². The SMILES string of the molecule is CN(C)c1cnn(CCNc2cccc(Cl)c2)c(=O)c1. The molecule has 0 amide bonds. The second kappa shape index (κ2) is 6.43. The van der Waals surface area contributed by atoms with Gasteiger partial charge in [0.15, 0.2) is 0 Å². The molecule has 0 atom stereocenters. The predicted molar refractivity (Wildman–Crippen MR) is 82.8 cm³/mol. The van der Waals surface area contributed by atoms with Gasteiger partial charge in [0, 0.05) is 37.4 Å². The molecule has 0 aliphatic rings. The van der Waals surface area contributed by atoms with Gasteiger partial charge in [0.2, 0.25) is 0 Å². The maximum atomic E-state index is 11.9. The van der Waals surface area contributed by atoms with Crippen LogP contribution in [0.25, 0.3) is 0 Å². The molecule has 1 aromatic heterocycles. The predicted octanol–water partition coefficient (Wildman–Crippen LogP) is 2.07. The van der Waals surface area contributed by atoms with Gasteiger partial charge in [0.05, 0.1) is 18.4 Å². The first kappa shape index (κ1) is 14.4. The molecule has 2 rings (SSSR count). The molecule has 106 valence electrons. The van der Waals surface area contributed by atoms with Crippen molar-refractivity contribution in [1.29, 1.82) is 0 Å². The molecule has 20 heavy (non-hydrogen) atoms. The molecular weight excluding hydrogens is 276 g/mol. The average Bonchev–Trinajstić information content (AvgIpc) is 2.40. The molecule has 0 saturated carbocycles. The first-order valence-electron chi connectivity index (χ1n) is 6.30. The van der Waals surface area contributed by atoms with Crippen LogP contribution in [0.15, 0.2) is 41.3 Å². The van der Waals surface area contributed by atoms with Gasteiger partial charge in [-0.25, -0.2) is 4.68 Å². The molecule has 1 N–H and O–H groups in total. The Morgan fingerprint density at radius 1 is 1.35 bits per heavy atom. The fraction of sp³-hybridized carbons (Fsp3) is 0.286. The topological polar surface area (TPSA) is 50.2 Å². The normalized spacial score (nSPS) is 10.3. The molecule has 0 aliphatic carbocycles. The van der Waals surface area contributed by atoms with Gasteiger partial charge in [-0.05, 0) is 18.2 Å². The van der Waals surface area contributed by atoms with Crippen molar-refractivity contribution in [3.8, 4) is 0 Å². The molecule has 1 aromatic carbocycles. The Labute approximate surface area is 122 Å². The number of benzene rings is 1. The van der Waals surface area contributed by atoms with Crippen LogP contribution in [-0.2, 0) is 6.54 Å². The number of anilines is 2. The summed E-state index contributed by atoms with van der Waals surface area (Å²) >= 11 is 5.90. The smallest absolute Gasteiger partial charge is 0.268 e. The Balaban J connectivity index is 1.96. The van der Waals surface area contributed by atoms with E-state index in [2.05, 4.69) is 10.4 Å². The number of hydrogen-bond acceptors (Lipinski definition) is 4. The Bertz CT molecular complexity index is 639. The summed E-state index contributed by atoms with van der Waals surface area (Å²) in [6.45, 7) is 1.10. The fourth-order valence-electron chi connectivity index (χ4n) is 1.74. The zero-order valence-corrected chi connectivity index (χ0v) is 12.3. The van der Waals surface area contributed by atoms with E-state index in [9.17, 15) is 4.79 Å². The second-order valence-electron chi connectivity index (χ2n) is 4.61. The Morgan fingerprint density at radius 3 is 2.80 bits per heavy atom. The summed E-state index contributed by atoms with van der Waals surface area (Å²) in [7, 11) is 3.75. The van der Waals surface area contributed by atoms with Gasteiger partial charge in [0.1, 0.15) is 0 Å². The standard InChI is InChI=1S/C14H17ClN4O/c1-18(2)13-9-14(20)19(17-10-13)7-6-16-12-5-3-4-11(15)8-12/h3-5,8-10,16H,6-7H2,1-2H3. The van der Waals surface area contributed by atoms with Crippen LogP contribution in [0.3, 0.4) is 0 Å². The highest BCUT2D eigenvalue weighted by molar-refractivity contribution is 6.30. The van der Waals surface area contributed by atoms with Gasteiger partial charge < -0.3 is 10.2 Å². The van der Waals surface area contributed by atoms with Crippen molar-refractivity contribution in [3.05, 3.63) is 51.9 Å². The van der Waals surface area contributed by atoms with Gasteiger partial charge in [0.25, 0.3) is 5.56 Å². The highest BCUT2D eigenvalue weighted by Crippen LogP contribution is 2.14. The van der Waals surface area contributed by atoms with Crippen molar-refractivity contribution in [2.45, 2.75) is 6.54 Å². The lowest BCUT2D eigenvalue weighted by Gasteiger charge is -2.12. The second-order valence-corrected chi connectivity index (χ2v) is 5.04. The van der Waals surface area contributed by atoms with Crippen molar-refractivity contribution in [2.75, 3.05) is 30.9 Å². The van der Waals surface area contributed by atoms with Crippen LogP contribution in [0, 0.1) is 0 Å². The first-order valence-corrected chi connectivity index (χ1v) is 6.68. The molecule has 1 heterocycles. The molecule has 0 saturated heterocycles. The molecular formula is C14H17ClN4O. The van der Waals surface area contributed by atoms with Crippen LogP contribution in [0.5, 0.6) is 0 Å². The number of hydrogen-bond donors (Lipinski definition) is 1. The quantitative estimate of drug-likeness (QED) is 0.917. The number of nitrogens with zero attached hydrogens (tertiary/aromatic N) is 3. The highest BCUT2D eigenvalue weighted by Gasteiger charge is 2.01. The van der Waals surface area contributed by atoms with E-state index < -0.39 is 0 Å². The molecule has 0 fully saturated rings. The summed E-state index contributed by atoms with van der Waals surface area (Å²) in [5.41, 5.74) is 1.62.